The van der Waals surface area contributed by atoms with Gasteiger partial charge in [0.15, 0.2) is 6.04 Å². The number of nitrogens with one attached hydrogen (secondary N) is 1. The number of carbonyl (C=O) groups excluding carboxylic acids is 4. The number of nitrogens with zero attached hydrogens (tertiary/aromatic N) is 3. The van der Waals surface area contributed by atoms with E-state index in [0.717, 1.165) is 24.7 Å². The number of hydrogen-bond acceptors (Lipinski definition) is 8. The van der Waals surface area contributed by atoms with Crippen LogP contribution in [0.25, 0.3) is 0 Å². The molecule has 9 atom stereocenters. The highest BCUT2D eigenvalue weighted by Crippen LogP contribution is 2.37. The Morgan fingerprint density at radius 2 is 1.70 bits per heavy atom. The molecule has 0 aromatic heterocycles. The number of nitrogens with two attached hydrogens (primary N) is 1. The topological polar surface area (TPSA) is 131 Å². The minimum Gasteiger partial charge on any atom is -0.375 e. The predicted octanol–water partition coefficient (Wildman–Crippen LogP) is 3.88. The van der Waals surface area contributed by atoms with Gasteiger partial charge in [-0.05, 0) is 51.3 Å². The molecule has 1 heterocycles. The second-order valence-electron chi connectivity index (χ2n) is 15.4. The molecule has 2 unspecified atom stereocenters. The number of aldehydes is 1. The summed E-state index contributed by atoms with van der Waals surface area (Å²) in [4.78, 5) is 59.0. The lowest BCUT2D eigenvalue weighted by molar-refractivity contribution is -0.888. The van der Waals surface area contributed by atoms with Crippen LogP contribution >= 0.6 is 0 Å². The monoisotopic (exact) mass is 703 g/mol. The van der Waals surface area contributed by atoms with E-state index in [2.05, 4.69) is 24.4 Å². The molecule has 11 heteroatoms. The van der Waals surface area contributed by atoms with Crippen LogP contribution in [0.5, 0.6) is 0 Å². The molecule has 0 saturated carbocycles. The molecule has 1 fully saturated rings. The van der Waals surface area contributed by atoms with Crippen molar-refractivity contribution in [3.8, 4) is 0 Å². The fourth-order valence-electron chi connectivity index (χ4n) is 8.82. The van der Waals surface area contributed by atoms with Gasteiger partial charge in [0.05, 0.1) is 25.4 Å². The van der Waals surface area contributed by atoms with E-state index in [1.807, 2.05) is 90.7 Å². The van der Waals surface area contributed by atoms with Crippen LogP contribution in [0.15, 0.2) is 30.3 Å². The number of likely N-dealkylation sites (tertiary alicyclic amines) is 1. The Hall–Kier alpha value is -2.70. The molecule has 0 radical (unpaired) electrons. The standard InChI is InChI=1S/C39H67N5O6/c1-13-28(6)36(44(10,35(27(4)5)37(40)47)38(48)34(26(2)3)42(8)9)31(49-11)24-33(46)43-23-17-20-32(43)39(50-12,29(7)25-45)41-22-21-30-18-15-14-16-19-30/h14-16,18-19,25-29,31-32,34-36,41H,13,17,20-24H2,1-12H3,(H-,40,47)/p+1/t28?,29-,31+,32-,34-,35-,36-,39+,44?/m0/s1. The summed E-state index contributed by atoms with van der Waals surface area (Å²) < 4.78 is 12.1. The first kappa shape index (κ1) is 43.5. The highest BCUT2D eigenvalue weighted by atomic mass is 16.5. The van der Waals surface area contributed by atoms with Gasteiger partial charge < -0.3 is 24.9 Å². The Bertz CT molecular complexity index is 1240. The van der Waals surface area contributed by atoms with Crippen LogP contribution in [-0.2, 0) is 35.1 Å². The molecule has 1 aliphatic rings. The molecule has 1 aliphatic heterocycles. The van der Waals surface area contributed by atoms with Crippen LogP contribution in [0.1, 0.15) is 79.7 Å². The summed E-state index contributed by atoms with van der Waals surface area (Å²) in [7, 11) is 8.74. The zero-order valence-electron chi connectivity index (χ0n) is 33.0. The van der Waals surface area contributed by atoms with Gasteiger partial charge in [-0.1, -0.05) is 78.8 Å². The number of rotatable bonds is 21. The highest BCUT2D eigenvalue weighted by molar-refractivity contribution is 5.84. The summed E-state index contributed by atoms with van der Waals surface area (Å²) in [6.45, 7) is 14.8. The number of primary amides is 1. The first-order valence-electron chi connectivity index (χ1n) is 18.5. The van der Waals surface area contributed by atoms with Gasteiger partial charge >= 0.3 is 5.91 Å². The predicted molar refractivity (Wildman–Crippen MR) is 198 cm³/mol. The molecular weight excluding hydrogens is 634 g/mol. The molecule has 1 aromatic carbocycles. The molecule has 2 rings (SSSR count). The molecule has 3 amide bonds. The summed E-state index contributed by atoms with van der Waals surface area (Å²) >= 11 is 0. The maximum absolute atomic E-state index is 15.0. The van der Waals surface area contributed by atoms with Crippen molar-refractivity contribution in [1.29, 1.82) is 0 Å². The van der Waals surface area contributed by atoms with Gasteiger partial charge in [-0.25, -0.2) is 9.28 Å². The van der Waals surface area contributed by atoms with E-state index < -0.39 is 47.8 Å². The van der Waals surface area contributed by atoms with Gasteiger partial charge in [0.25, 0.3) is 5.91 Å². The second kappa shape index (κ2) is 19.2. The minimum absolute atomic E-state index is 0.0136. The highest BCUT2D eigenvalue weighted by Gasteiger charge is 2.58. The fraction of sp³-hybridized carbons (Fsp3) is 0.744. The number of likely N-dealkylation sites (N-methyl/N-ethyl adjacent to an activating group) is 2. The van der Waals surface area contributed by atoms with Crippen molar-refractivity contribution in [3.05, 3.63) is 35.9 Å². The summed E-state index contributed by atoms with van der Waals surface area (Å²) in [6.07, 6.45) is 2.99. The van der Waals surface area contributed by atoms with Crippen LogP contribution in [0.4, 0.5) is 0 Å². The number of ether oxygens (including phenoxy) is 2. The van der Waals surface area contributed by atoms with E-state index in [4.69, 9.17) is 15.2 Å². The van der Waals surface area contributed by atoms with Crippen molar-refractivity contribution in [2.75, 3.05) is 48.5 Å². The number of hydrogen-bond donors (Lipinski definition) is 2. The SMILES string of the molecule is CCC(C)[C@@H]([C@@H](CC(=O)N1CCC[C@H]1[C@](NCCc1ccccc1)(OC)[C@@H](C)C=O)OC)[N+](C)(C(=O)[C@H](C(C)C)N(C)C)[C@H](C(N)=O)C(C)C. The average Bonchev–Trinajstić information content (AvgIpc) is 3.56. The number of amides is 3. The molecule has 0 bridgehead atoms. The van der Waals surface area contributed by atoms with E-state index >= 15 is 0 Å². The molecular formula is C39H68N5O6+. The van der Waals surface area contributed by atoms with Gasteiger partial charge in [-0.3, -0.25) is 19.8 Å². The Balaban J connectivity index is 2.61. The normalized spacial score (nSPS) is 21.3. The number of carbonyl (C=O) groups is 4. The Kier molecular flexibility index (Phi) is 16.7. The zero-order chi connectivity index (χ0) is 38.0. The lowest BCUT2D eigenvalue weighted by Gasteiger charge is -2.51. The number of benzene rings is 1. The lowest BCUT2D eigenvalue weighted by atomic mass is 9.83. The van der Waals surface area contributed by atoms with E-state index in [0.29, 0.717) is 25.9 Å². The summed E-state index contributed by atoms with van der Waals surface area (Å²) in [5.41, 5.74) is 6.20. The van der Waals surface area contributed by atoms with E-state index in [1.54, 1.807) is 14.2 Å². The van der Waals surface area contributed by atoms with Crippen molar-refractivity contribution >= 4 is 24.0 Å². The molecule has 11 nitrogen and oxygen atoms in total. The van der Waals surface area contributed by atoms with Crippen molar-refractivity contribution in [2.45, 2.75) is 117 Å². The van der Waals surface area contributed by atoms with Gasteiger partial charge in [0.1, 0.15) is 30.2 Å². The Labute approximate surface area is 302 Å². The summed E-state index contributed by atoms with van der Waals surface area (Å²) in [6, 6.07) is 7.77. The lowest BCUT2D eigenvalue weighted by Crippen LogP contribution is -2.74. The first-order chi connectivity index (χ1) is 23.5. The van der Waals surface area contributed by atoms with Crippen molar-refractivity contribution in [1.82, 2.24) is 15.1 Å². The van der Waals surface area contributed by atoms with Crippen LogP contribution in [-0.4, -0.2) is 123 Å². The summed E-state index contributed by atoms with van der Waals surface area (Å²) in [5, 5.41) is 3.56. The zero-order valence-corrected chi connectivity index (χ0v) is 33.0. The first-order valence-corrected chi connectivity index (χ1v) is 18.5. The van der Waals surface area contributed by atoms with Crippen LogP contribution in [0, 0.1) is 23.7 Å². The van der Waals surface area contributed by atoms with Crippen molar-refractivity contribution in [3.63, 3.8) is 0 Å². The second-order valence-corrected chi connectivity index (χ2v) is 15.4. The number of methoxy groups -OCH3 is 2. The van der Waals surface area contributed by atoms with Gasteiger partial charge in [-0.15, -0.1) is 0 Å². The third-order valence-electron chi connectivity index (χ3n) is 11.3. The maximum Gasteiger partial charge on any atom is 0.331 e. The maximum atomic E-state index is 15.0. The molecule has 284 valence electrons. The van der Waals surface area contributed by atoms with Crippen LogP contribution in [0.3, 0.4) is 0 Å². The largest absolute Gasteiger partial charge is 0.375 e. The Morgan fingerprint density at radius 1 is 1.08 bits per heavy atom. The van der Waals surface area contributed by atoms with Gasteiger partial charge in [-0.2, -0.15) is 0 Å². The van der Waals surface area contributed by atoms with Gasteiger partial charge in [0.2, 0.25) is 5.91 Å². The molecule has 3 N–H and O–H groups in total. The van der Waals surface area contributed by atoms with Crippen LogP contribution in [0.2, 0.25) is 0 Å². The van der Waals surface area contributed by atoms with Crippen LogP contribution < -0.4 is 11.1 Å². The third kappa shape index (κ3) is 9.39. The third-order valence-corrected chi connectivity index (χ3v) is 11.3. The minimum atomic E-state index is -1.10. The average molecular weight is 703 g/mol. The van der Waals surface area contributed by atoms with Gasteiger partial charge in [0, 0.05) is 39.1 Å². The van der Waals surface area contributed by atoms with Crippen molar-refractivity contribution in [2.24, 2.45) is 29.4 Å². The smallest absolute Gasteiger partial charge is 0.331 e. The fourth-order valence-corrected chi connectivity index (χ4v) is 8.82. The Morgan fingerprint density at radius 3 is 2.16 bits per heavy atom. The van der Waals surface area contributed by atoms with E-state index in [1.165, 1.54) is 0 Å². The number of quaternary nitrogens is 1. The molecule has 1 aromatic rings. The molecule has 0 spiro atoms. The molecule has 50 heavy (non-hydrogen) atoms. The molecule has 1 saturated heterocycles. The quantitative estimate of drug-likeness (QED) is 0.112. The van der Waals surface area contributed by atoms with Crippen molar-refractivity contribution < 1.29 is 33.1 Å². The van der Waals surface area contributed by atoms with E-state index in [-0.39, 0.29) is 40.5 Å². The molecule has 0 aliphatic carbocycles. The van der Waals surface area contributed by atoms with E-state index in [9.17, 15) is 19.2 Å². The summed E-state index contributed by atoms with van der Waals surface area (Å²) in [5.74, 6) is -1.79.